The first-order chi connectivity index (χ1) is 14.4. The summed E-state index contributed by atoms with van der Waals surface area (Å²) in [5.74, 6) is 0.404. The largest absolute Gasteiger partial charge is 0.456 e. The first-order valence-corrected chi connectivity index (χ1v) is 10.1. The monoisotopic (exact) mass is 426 g/mol. The lowest BCUT2D eigenvalue weighted by Gasteiger charge is -2.15. The molecule has 0 unspecified atom stereocenters. The minimum Gasteiger partial charge on any atom is -0.456 e. The highest BCUT2D eigenvalue weighted by molar-refractivity contribution is 6.35. The molecule has 8 nitrogen and oxygen atoms in total. The van der Waals surface area contributed by atoms with E-state index >= 15 is 0 Å². The molecule has 4 N–H and O–H groups in total. The molecule has 1 aromatic carbocycles. The summed E-state index contributed by atoms with van der Waals surface area (Å²) in [6, 6.07) is 7.10. The van der Waals surface area contributed by atoms with Gasteiger partial charge in [0, 0.05) is 37.3 Å². The molecular formula is C21H23ClN6O2. The highest BCUT2D eigenvalue weighted by Gasteiger charge is 2.18. The molecule has 3 aromatic rings. The number of aromatic amines is 1. The van der Waals surface area contributed by atoms with Crippen LogP contribution in [0.5, 0.6) is 11.5 Å². The van der Waals surface area contributed by atoms with Crippen LogP contribution in [0.4, 0.5) is 0 Å². The number of H-pyrrole nitrogens is 1. The molecule has 1 aliphatic heterocycles. The van der Waals surface area contributed by atoms with Gasteiger partial charge in [-0.05, 0) is 43.6 Å². The van der Waals surface area contributed by atoms with Gasteiger partial charge < -0.3 is 15.5 Å². The normalized spacial score (nSPS) is 14.2. The Morgan fingerprint density at radius 3 is 2.77 bits per heavy atom. The lowest BCUT2D eigenvalue weighted by molar-refractivity contribution is 0.0864. The van der Waals surface area contributed by atoms with Gasteiger partial charge in [-0.3, -0.25) is 25.0 Å². The van der Waals surface area contributed by atoms with Crippen LogP contribution < -0.4 is 10.5 Å². The summed E-state index contributed by atoms with van der Waals surface area (Å²) in [6.45, 7) is 3.09. The molecule has 9 heteroatoms. The van der Waals surface area contributed by atoms with Gasteiger partial charge in [-0.2, -0.15) is 0 Å². The van der Waals surface area contributed by atoms with Crippen LogP contribution in [0.3, 0.4) is 0 Å². The van der Waals surface area contributed by atoms with Crippen LogP contribution in [-0.2, 0) is 6.54 Å². The van der Waals surface area contributed by atoms with E-state index in [0.717, 1.165) is 30.1 Å². The number of nitrogens with one attached hydrogen (secondary N) is 2. The summed E-state index contributed by atoms with van der Waals surface area (Å²) < 4.78 is 5.99. The van der Waals surface area contributed by atoms with E-state index in [-0.39, 0.29) is 11.7 Å². The maximum Gasteiger partial charge on any atom is 0.276 e. The number of fused-ring (bicyclic) bond motifs is 1. The van der Waals surface area contributed by atoms with Crippen molar-refractivity contribution in [2.45, 2.75) is 19.4 Å². The Morgan fingerprint density at radius 2 is 2.03 bits per heavy atom. The number of halogens is 1. The molecule has 3 heterocycles. The van der Waals surface area contributed by atoms with Crippen LogP contribution in [0.25, 0.3) is 10.9 Å². The van der Waals surface area contributed by atoms with E-state index in [0.29, 0.717) is 27.4 Å². The number of hydrogen-bond acceptors (Lipinski definition) is 5. The molecule has 0 radical (unpaired) electrons. The summed E-state index contributed by atoms with van der Waals surface area (Å²) in [6.07, 6.45) is 6.00. The molecule has 0 spiro atoms. The molecule has 1 aliphatic rings. The second-order valence-electron chi connectivity index (χ2n) is 7.41. The lowest BCUT2D eigenvalue weighted by Crippen LogP contribution is -2.38. The molecule has 1 fully saturated rings. The summed E-state index contributed by atoms with van der Waals surface area (Å²) >= 11 is 6.42. The number of ether oxygens (including phenoxy) is 1. The van der Waals surface area contributed by atoms with Crippen molar-refractivity contribution in [3.8, 4) is 11.5 Å². The Labute approximate surface area is 179 Å². The lowest BCUT2D eigenvalue weighted by atomic mass is 10.2. The highest BCUT2D eigenvalue weighted by atomic mass is 35.5. The van der Waals surface area contributed by atoms with Gasteiger partial charge in [-0.25, -0.2) is 0 Å². The van der Waals surface area contributed by atoms with Crippen molar-refractivity contribution in [2.24, 2.45) is 5.73 Å². The van der Waals surface area contributed by atoms with Crippen LogP contribution in [0.2, 0.25) is 5.02 Å². The molecule has 1 amide bonds. The number of likely N-dealkylation sites (tertiary alicyclic amines) is 1. The number of carbonyl (C=O) groups is 1. The number of carbonyl (C=O) groups excluding carboxylic acids is 1. The minimum atomic E-state index is -0.420. The van der Waals surface area contributed by atoms with Gasteiger partial charge in [0.25, 0.3) is 5.91 Å². The molecule has 0 bridgehead atoms. The highest BCUT2D eigenvalue weighted by Crippen LogP contribution is 2.32. The van der Waals surface area contributed by atoms with E-state index < -0.39 is 5.91 Å². The maximum atomic E-state index is 12.4. The standard InChI is InChI=1S/C21H23ClN6O2/c1-27(21(23)24)20(29)19-9-16-17(22)7-14(8-18(16)26-19)30-15-6-13(10-25-11-15)12-28-4-2-3-5-28/h6-11,26H,2-5,12H2,1H3,(H3,23,24). The average molecular weight is 427 g/mol. The van der Waals surface area contributed by atoms with Crippen molar-refractivity contribution < 1.29 is 9.53 Å². The predicted octanol–water partition coefficient (Wildman–Crippen LogP) is 3.57. The zero-order chi connectivity index (χ0) is 21.3. The Kier molecular flexibility index (Phi) is 5.61. The first-order valence-electron chi connectivity index (χ1n) is 9.69. The number of guanidine groups is 1. The third kappa shape index (κ3) is 4.24. The van der Waals surface area contributed by atoms with Crippen molar-refractivity contribution in [2.75, 3.05) is 20.1 Å². The first kappa shape index (κ1) is 20.2. The number of nitrogens with zero attached hydrogens (tertiary/aromatic N) is 3. The van der Waals surface area contributed by atoms with E-state index in [1.54, 1.807) is 24.4 Å². The van der Waals surface area contributed by atoms with Gasteiger partial charge in [0.05, 0.1) is 16.7 Å². The van der Waals surface area contributed by atoms with Crippen LogP contribution in [-0.4, -0.2) is 51.8 Å². The molecule has 156 valence electrons. The SMILES string of the molecule is CN(C(=N)N)C(=O)c1cc2c(Cl)cc(Oc3cncc(CN4CCCC4)c3)cc2[nH]1. The van der Waals surface area contributed by atoms with Crippen molar-refractivity contribution in [1.29, 1.82) is 5.41 Å². The number of nitrogens with two attached hydrogens (primary N) is 1. The van der Waals surface area contributed by atoms with E-state index in [9.17, 15) is 4.79 Å². The molecular weight excluding hydrogens is 404 g/mol. The quantitative estimate of drug-likeness (QED) is 0.426. The van der Waals surface area contributed by atoms with Crippen LogP contribution in [0.1, 0.15) is 28.9 Å². The van der Waals surface area contributed by atoms with E-state index in [2.05, 4.69) is 14.9 Å². The number of rotatable bonds is 5. The van der Waals surface area contributed by atoms with Gasteiger partial charge in [-0.1, -0.05) is 11.6 Å². The fourth-order valence-corrected chi connectivity index (χ4v) is 3.84. The van der Waals surface area contributed by atoms with Gasteiger partial charge in [0.15, 0.2) is 5.96 Å². The second kappa shape index (κ2) is 8.33. The van der Waals surface area contributed by atoms with E-state index in [1.165, 1.54) is 19.9 Å². The Morgan fingerprint density at radius 1 is 1.27 bits per heavy atom. The zero-order valence-corrected chi connectivity index (χ0v) is 17.4. The predicted molar refractivity (Wildman–Crippen MR) is 116 cm³/mol. The molecule has 0 atom stereocenters. The second-order valence-corrected chi connectivity index (χ2v) is 7.82. The minimum absolute atomic E-state index is 0.288. The fraction of sp³-hybridized carbons (Fsp3) is 0.286. The van der Waals surface area contributed by atoms with Gasteiger partial charge >= 0.3 is 0 Å². The molecule has 2 aromatic heterocycles. The average Bonchev–Trinajstić information content (AvgIpc) is 3.37. The Balaban J connectivity index is 1.56. The van der Waals surface area contributed by atoms with Crippen LogP contribution in [0, 0.1) is 5.41 Å². The van der Waals surface area contributed by atoms with Crippen molar-refractivity contribution in [1.82, 2.24) is 19.8 Å². The molecule has 0 saturated carbocycles. The third-order valence-electron chi connectivity index (χ3n) is 5.17. The number of pyridine rings is 1. The maximum absolute atomic E-state index is 12.4. The number of amides is 1. The summed E-state index contributed by atoms with van der Waals surface area (Å²) in [5.41, 5.74) is 7.43. The third-order valence-corrected chi connectivity index (χ3v) is 5.48. The summed E-state index contributed by atoms with van der Waals surface area (Å²) in [4.78, 5) is 23.2. The number of hydrogen-bond donors (Lipinski definition) is 3. The van der Waals surface area contributed by atoms with Crippen LogP contribution in [0.15, 0.2) is 36.7 Å². The molecule has 4 rings (SSSR count). The number of aromatic nitrogens is 2. The van der Waals surface area contributed by atoms with Gasteiger partial charge in [0.1, 0.15) is 17.2 Å². The summed E-state index contributed by atoms with van der Waals surface area (Å²) in [7, 11) is 1.44. The van der Waals surface area contributed by atoms with E-state index in [1.807, 2.05) is 12.3 Å². The zero-order valence-electron chi connectivity index (χ0n) is 16.6. The van der Waals surface area contributed by atoms with Gasteiger partial charge in [-0.15, -0.1) is 0 Å². The molecule has 30 heavy (non-hydrogen) atoms. The van der Waals surface area contributed by atoms with Crippen molar-refractivity contribution in [3.05, 3.63) is 52.9 Å². The Hall–Kier alpha value is -3.10. The molecule has 1 saturated heterocycles. The van der Waals surface area contributed by atoms with Gasteiger partial charge in [0.2, 0.25) is 0 Å². The number of benzene rings is 1. The van der Waals surface area contributed by atoms with Crippen LogP contribution >= 0.6 is 11.6 Å². The smallest absolute Gasteiger partial charge is 0.276 e. The Bertz CT molecular complexity index is 1110. The van der Waals surface area contributed by atoms with E-state index in [4.69, 9.17) is 27.5 Å². The van der Waals surface area contributed by atoms with Crippen molar-refractivity contribution >= 4 is 34.4 Å². The molecule has 0 aliphatic carbocycles. The fourth-order valence-electron chi connectivity index (χ4n) is 3.57. The summed E-state index contributed by atoms with van der Waals surface area (Å²) in [5, 5.41) is 8.55. The van der Waals surface area contributed by atoms with Crippen molar-refractivity contribution in [3.63, 3.8) is 0 Å². The topological polar surface area (TPSA) is 111 Å².